The van der Waals surface area contributed by atoms with Crippen LogP contribution in [0.4, 0.5) is 0 Å². The Morgan fingerprint density at radius 1 is 1.23 bits per heavy atom. The van der Waals surface area contributed by atoms with Crippen molar-refractivity contribution in [3.63, 3.8) is 0 Å². The quantitative estimate of drug-likeness (QED) is 0.531. The minimum absolute atomic E-state index is 0.285. The van der Waals surface area contributed by atoms with Gasteiger partial charge >= 0.3 is 12.0 Å². The van der Waals surface area contributed by atoms with Crippen molar-refractivity contribution in [1.29, 1.82) is 0 Å². The van der Waals surface area contributed by atoms with Gasteiger partial charge in [-0.25, -0.2) is 4.79 Å². The summed E-state index contributed by atoms with van der Waals surface area (Å²) in [6.45, 7) is 6.97. The van der Waals surface area contributed by atoms with Crippen LogP contribution in [-0.2, 0) is 11.2 Å². The molecule has 0 aromatic heterocycles. The molecule has 6 nitrogen and oxygen atoms in total. The highest BCUT2D eigenvalue weighted by Gasteiger charge is 2.33. The van der Waals surface area contributed by atoms with Crippen LogP contribution in [0, 0.1) is 10.1 Å². The number of aliphatic carboxylic acids is 1. The SMILES string of the molecule is CCCN(CCC)CCc1ccccc1C(C(=O)O)[N+](=O)[O-]. The summed E-state index contributed by atoms with van der Waals surface area (Å²) in [7, 11) is 0. The van der Waals surface area contributed by atoms with E-state index in [4.69, 9.17) is 5.11 Å². The van der Waals surface area contributed by atoms with Gasteiger partial charge in [-0.15, -0.1) is 0 Å². The zero-order valence-corrected chi connectivity index (χ0v) is 13.2. The lowest BCUT2D eigenvalue weighted by Gasteiger charge is -2.21. The molecule has 1 N–H and O–H groups in total. The number of benzene rings is 1. The fourth-order valence-corrected chi connectivity index (χ4v) is 2.61. The molecule has 1 atom stereocenters. The van der Waals surface area contributed by atoms with E-state index in [1.54, 1.807) is 24.3 Å². The summed E-state index contributed by atoms with van der Waals surface area (Å²) in [5.74, 6) is -1.42. The van der Waals surface area contributed by atoms with Gasteiger partial charge in [0.15, 0.2) is 0 Å². The monoisotopic (exact) mass is 308 g/mol. The van der Waals surface area contributed by atoms with E-state index >= 15 is 0 Å². The van der Waals surface area contributed by atoms with E-state index in [1.807, 2.05) is 0 Å². The van der Waals surface area contributed by atoms with Crippen molar-refractivity contribution in [2.24, 2.45) is 0 Å². The molecule has 22 heavy (non-hydrogen) atoms. The van der Waals surface area contributed by atoms with Crippen molar-refractivity contribution in [3.05, 3.63) is 45.5 Å². The minimum Gasteiger partial charge on any atom is -0.476 e. The molecular weight excluding hydrogens is 284 g/mol. The third-order valence-corrected chi connectivity index (χ3v) is 3.57. The van der Waals surface area contributed by atoms with Gasteiger partial charge in [0.25, 0.3) is 0 Å². The van der Waals surface area contributed by atoms with Gasteiger partial charge < -0.3 is 10.0 Å². The first-order valence-corrected chi connectivity index (χ1v) is 7.67. The highest BCUT2D eigenvalue weighted by atomic mass is 16.6. The fourth-order valence-electron chi connectivity index (χ4n) is 2.61. The van der Waals surface area contributed by atoms with Gasteiger partial charge in [-0.3, -0.25) is 10.1 Å². The molecule has 1 unspecified atom stereocenters. The van der Waals surface area contributed by atoms with Gasteiger partial charge in [-0.1, -0.05) is 38.1 Å². The van der Waals surface area contributed by atoms with E-state index in [2.05, 4.69) is 18.7 Å². The molecule has 0 fully saturated rings. The van der Waals surface area contributed by atoms with E-state index < -0.39 is 16.9 Å². The summed E-state index contributed by atoms with van der Waals surface area (Å²) in [6, 6.07) is 5.07. The molecule has 0 saturated heterocycles. The van der Waals surface area contributed by atoms with Crippen LogP contribution in [-0.4, -0.2) is 40.5 Å². The van der Waals surface area contributed by atoms with Gasteiger partial charge in [0, 0.05) is 17.0 Å². The van der Waals surface area contributed by atoms with Crippen molar-refractivity contribution in [1.82, 2.24) is 4.90 Å². The topological polar surface area (TPSA) is 83.7 Å². The van der Waals surface area contributed by atoms with E-state index in [9.17, 15) is 14.9 Å². The van der Waals surface area contributed by atoms with Crippen molar-refractivity contribution < 1.29 is 14.8 Å². The van der Waals surface area contributed by atoms with Crippen molar-refractivity contribution >= 4 is 5.97 Å². The van der Waals surface area contributed by atoms with Crippen LogP contribution in [0.15, 0.2) is 24.3 Å². The number of nitro groups is 1. The molecule has 0 amide bonds. The van der Waals surface area contributed by atoms with Crippen LogP contribution in [0.5, 0.6) is 0 Å². The Kier molecular flexibility index (Phi) is 7.52. The molecule has 122 valence electrons. The van der Waals surface area contributed by atoms with E-state index in [1.165, 1.54) is 0 Å². The average molecular weight is 308 g/mol. The lowest BCUT2D eigenvalue weighted by molar-refractivity contribution is -0.516. The first-order chi connectivity index (χ1) is 10.5. The lowest BCUT2D eigenvalue weighted by atomic mass is 9.98. The first kappa shape index (κ1) is 18.1. The van der Waals surface area contributed by atoms with Crippen LogP contribution >= 0.6 is 0 Å². The van der Waals surface area contributed by atoms with Crippen molar-refractivity contribution in [2.45, 2.75) is 39.2 Å². The summed E-state index contributed by atoms with van der Waals surface area (Å²) in [4.78, 5) is 23.8. The number of carboxylic acids is 1. The van der Waals surface area contributed by atoms with E-state index in [0.29, 0.717) is 6.42 Å². The zero-order valence-electron chi connectivity index (χ0n) is 13.2. The molecule has 0 spiro atoms. The molecule has 0 aliphatic carbocycles. The molecule has 0 aliphatic rings. The van der Waals surface area contributed by atoms with Gasteiger partial charge in [-0.05, 0) is 37.9 Å². The fraction of sp³-hybridized carbons (Fsp3) is 0.562. The maximum atomic E-state index is 11.2. The molecule has 1 rings (SSSR count). The van der Waals surface area contributed by atoms with Crippen molar-refractivity contribution in [2.75, 3.05) is 19.6 Å². The van der Waals surface area contributed by atoms with Gasteiger partial charge in [0.1, 0.15) is 0 Å². The summed E-state index contributed by atoms with van der Waals surface area (Å²) in [6.07, 6.45) is 2.72. The second-order valence-electron chi connectivity index (χ2n) is 5.32. The average Bonchev–Trinajstić information content (AvgIpc) is 2.46. The predicted octanol–water partition coefficient (Wildman–Crippen LogP) is 2.75. The maximum absolute atomic E-state index is 11.2. The summed E-state index contributed by atoms with van der Waals surface area (Å²) in [5.41, 5.74) is 1.02. The molecule has 6 heteroatoms. The third kappa shape index (κ3) is 5.11. The first-order valence-electron chi connectivity index (χ1n) is 7.67. The zero-order chi connectivity index (χ0) is 16.5. The van der Waals surface area contributed by atoms with Crippen molar-refractivity contribution in [3.8, 4) is 0 Å². The summed E-state index contributed by atoms with van der Waals surface area (Å²) >= 11 is 0. The number of carboxylic acid groups (broad SMARTS) is 1. The van der Waals surface area contributed by atoms with Gasteiger partial charge in [-0.2, -0.15) is 0 Å². The number of carbonyl (C=O) groups is 1. The Bertz CT molecular complexity index is 485. The largest absolute Gasteiger partial charge is 0.476 e. The molecule has 0 radical (unpaired) electrons. The second-order valence-corrected chi connectivity index (χ2v) is 5.32. The second kappa shape index (κ2) is 9.15. The normalized spacial score (nSPS) is 12.3. The Labute approximate surface area is 130 Å². The predicted molar refractivity (Wildman–Crippen MR) is 84.5 cm³/mol. The molecule has 0 bridgehead atoms. The van der Waals surface area contributed by atoms with Crippen LogP contribution in [0.3, 0.4) is 0 Å². The molecule has 1 aromatic rings. The highest BCUT2D eigenvalue weighted by molar-refractivity contribution is 5.74. The third-order valence-electron chi connectivity index (χ3n) is 3.57. The van der Waals surface area contributed by atoms with Crippen LogP contribution < -0.4 is 0 Å². The minimum atomic E-state index is -1.69. The highest BCUT2D eigenvalue weighted by Crippen LogP contribution is 2.22. The van der Waals surface area contributed by atoms with Crippen LogP contribution in [0.25, 0.3) is 0 Å². The Hall–Kier alpha value is -1.95. The Balaban J connectivity index is 2.91. The van der Waals surface area contributed by atoms with Gasteiger partial charge in [0.05, 0.1) is 0 Å². The number of hydrogen-bond donors (Lipinski definition) is 1. The Morgan fingerprint density at radius 2 is 1.82 bits per heavy atom. The number of nitrogens with zero attached hydrogens (tertiary/aromatic N) is 2. The molecule has 1 aromatic carbocycles. The van der Waals surface area contributed by atoms with Crippen LogP contribution in [0.1, 0.15) is 43.9 Å². The lowest BCUT2D eigenvalue weighted by Crippen LogP contribution is -2.28. The molecule has 0 aliphatic heterocycles. The van der Waals surface area contributed by atoms with E-state index in [0.717, 1.165) is 38.0 Å². The number of rotatable bonds is 10. The molecule has 0 heterocycles. The van der Waals surface area contributed by atoms with Gasteiger partial charge in [0.2, 0.25) is 0 Å². The smallest absolute Gasteiger partial charge is 0.384 e. The summed E-state index contributed by atoms with van der Waals surface area (Å²) < 4.78 is 0. The molecular formula is C16H24N2O4. The molecule has 0 saturated carbocycles. The standard InChI is InChI=1S/C16H24N2O4/c1-3-10-17(11-4-2)12-9-13-7-5-6-8-14(13)15(16(19)20)18(21)22/h5-8,15H,3-4,9-12H2,1-2H3,(H,19,20). The number of hydrogen-bond acceptors (Lipinski definition) is 4. The Morgan fingerprint density at radius 3 is 2.32 bits per heavy atom. The maximum Gasteiger partial charge on any atom is 0.384 e. The van der Waals surface area contributed by atoms with Crippen LogP contribution in [0.2, 0.25) is 0 Å². The van der Waals surface area contributed by atoms with E-state index in [-0.39, 0.29) is 5.56 Å². The summed E-state index contributed by atoms with van der Waals surface area (Å²) in [5, 5.41) is 20.2.